The van der Waals surface area contributed by atoms with Gasteiger partial charge in [-0.25, -0.2) is 18.1 Å². The number of hydrogen-bond donors (Lipinski definition) is 1. The zero-order valence-corrected chi connectivity index (χ0v) is 14.3. The van der Waals surface area contributed by atoms with E-state index in [1.807, 2.05) is 26.1 Å². The molecule has 0 aromatic carbocycles. The maximum Gasteiger partial charge on any atom is 0.258 e. The van der Waals surface area contributed by atoms with Crippen LogP contribution in [0.2, 0.25) is 0 Å². The van der Waals surface area contributed by atoms with Crippen molar-refractivity contribution in [1.29, 1.82) is 0 Å². The number of rotatable bonds is 7. The molecule has 1 atom stereocenters. The summed E-state index contributed by atoms with van der Waals surface area (Å²) in [6.45, 7) is 4.83. The number of fused-ring (bicyclic) bond motifs is 1. The van der Waals surface area contributed by atoms with Crippen LogP contribution in [0.15, 0.2) is 40.1 Å². The van der Waals surface area contributed by atoms with Gasteiger partial charge in [0.25, 0.3) is 5.71 Å². The van der Waals surface area contributed by atoms with E-state index in [1.54, 1.807) is 16.9 Å². The van der Waals surface area contributed by atoms with Gasteiger partial charge in [-0.15, -0.1) is 0 Å². The molecule has 0 saturated heterocycles. The summed E-state index contributed by atoms with van der Waals surface area (Å²) in [5.41, 5.74) is 1.04. The fourth-order valence-electron chi connectivity index (χ4n) is 2.39. The Morgan fingerprint density at radius 1 is 1.42 bits per heavy atom. The summed E-state index contributed by atoms with van der Waals surface area (Å²) in [5.74, 6) is 0.0955. The predicted molar refractivity (Wildman–Crippen MR) is 87.8 cm³/mol. The van der Waals surface area contributed by atoms with Crippen LogP contribution < -0.4 is 4.72 Å². The van der Waals surface area contributed by atoms with Crippen molar-refractivity contribution >= 4 is 21.1 Å². The van der Waals surface area contributed by atoms with Gasteiger partial charge in [-0.3, -0.25) is 4.68 Å². The minimum Gasteiger partial charge on any atom is -0.336 e. The monoisotopic (exact) mass is 349 g/mol. The molecule has 3 heterocycles. The van der Waals surface area contributed by atoms with Gasteiger partial charge in [0.1, 0.15) is 4.90 Å². The van der Waals surface area contributed by atoms with Crippen molar-refractivity contribution < 1.29 is 12.9 Å². The Bertz CT molecular complexity index is 918. The zero-order valence-electron chi connectivity index (χ0n) is 13.5. The number of nitrogens with one attached hydrogen (secondary N) is 1. The highest BCUT2D eigenvalue weighted by molar-refractivity contribution is 7.89. The Morgan fingerprint density at radius 2 is 2.25 bits per heavy atom. The molecule has 0 spiro atoms. The third-order valence-electron chi connectivity index (χ3n) is 3.70. The fraction of sp³-hybridized carbons (Fsp3) is 0.400. The van der Waals surface area contributed by atoms with Gasteiger partial charge >= 0.3 is 0 Å². The minimum atomic E-state index is -3.64. The van der Waals surface area contributed by atoms with Gasteiger partial charge < -0.3 is 4.52 Å². The van der Waals surface area contributed by atoms with E-state index in [0.29, 0.717) is 36.3 Å². The normalized spacial score (nSPS) is 13.4. The topological polar surface area (TPSA) is 103 Å². The van der Waals surface area contributed by atoms with E-state index in [4.69, 9.17) is 4.52 Å². The van der Waals surface area contributed by atoms with Crippen LogP contribution in [0.4, 0.5) is 0 Å². The first-order chi connectivity index (χ1) is 11.5. The lowest BCUT2D eigenvalue weighted by Crippen LogP contribution is -2.30. The number of sulfonamides is 1. The molecule has 9 heteroatoms. The van der Waals surface area contributed by atoms with Crippen molar-refractivity contribution in [2.24, 2.45) is 5.92 Å². The van der Waals surface area contributed by atoms with Crippen LogP contribution in [-0.2, 0) is 23.0 Å². The van der Waals surface area contributed by atoms with Gasteiger partial charge in [0.15, 0.2) is 0 Å². The van der Waals surface area contributed by atoms with Crippen LogP contribution in [0.5, 0.6) is 0 Å². The largest absolute Gasteiger partial charge is 0.336 e. The highest BCUT2D eigenvalue weighted by Gasteiger charge is 2.19. The molecule has 0 aliphatic carbocycles. The Balaban J connectivity index is 1.72. The molecular weight excluding hydrogens is 330 g/mol. The minimum absolute atomic E-state index is 0.0955. The van der Waals surface area contributed by atoms with Crippen LogP contribution in [0, 0.1) is 5.92 Å². The Hall–Kier alpha value is -2.26. The first-order valence-electron chi connectivity index (χ1n) is 7.71. The lowest BCUT2D eigenvalue weighted by Gasteiger charge is -2.13. The van der Waals surface area contributed by atoms with Gasteiger partial charge in [-0.2, -0.15) is 5.10 Å². The predicted octanol–water partition coefficient (Wildman–Crippen LogP) is 1.60. The average Bonchev–Trinajstić information content (AvgIpc) is 3.21. The molecule has 0 radical (unpaired) electrons. The summed E-state index contributed by atoms with van der Waals surface area (Å²) < 4.78 is 34.4. The lowest BCUT2D eigenvalue weighted by atomic mass is 10.2. The maximum absolute atomic E-state index is 12.5. The molecule has 1 N–H and O–H groups in total. The second-order valence-electron chi connectivity index (χ2n) is 5.69. The van der Waals surface area contributed by atoms with Gasteiger partial charge in [0, 0.05) is 25.5 Å². The SMILES string of the molecule is CCc1noc2ncc(S(=O)(=O)NCC(C)Cn3cccn3)cc12. The van der Waals surface area contributed by atoms with E-state index in [0.717, 1.165) is 0 Å². The van der Waals surface area contributed by atoms with Gasteiger partial charge in [0.05, 0.1) is 17.3 Å². The summed E-state index contributed by atoms with van der Waals surface area (Å²) in [5, 5.41) is 8.64. The van der Waals surface area contributed by atoms with Crippen molar-refractivity contribution in [3.8, 4) is 0 Å². The molecule has 3 aromatic rings. The maximum atomic E-state index is 12.5. The number of aromatic nitrogens is 4. The van der Waals surface area contributed by atoms with Crippen LogP contribution in [0.3, 0.4) is 0 Å². The van der Waals surface area contributed by atoms with Crippen LogP contribution in [-0.4, -0.2) is 34.9 Å². The first-order valence-corrected chi connectivity index (χ1v) is 9.19. The van der Waals surface area contributed by atoms with Crippen LogP contribution in [0.25, 0.3) is 11.1 Å². The summed E-state index contributed by atoms with van der Waals surface area (Å²) in [4.78, 5) is 4.15. The lowest BCUT2D eigenvalue weighted by molar-refractivity contribution is 0.439. The number of aryl methyl sites for hydroxylation is 1. The number of pyridine rings is 1. The van der Waals surface area contributed by atoms with E-state index < -0.39 is 10.0 Å². The van der Waals surface area contributed by atoms with Crippen LogP contribution >= 0.6 is 0 Å². The summed E-state index contributed by atoms with van der Waals surface area (Å²) >= 11 is 0. The molecule has 24 heavy (non-hydrogen) atoms. The average molecular weight is 349 g/mol. The smallest absolute Gasteiger partial charge is 0.258 e. The highest BCUT2D eigenvalue weighted by Crippen LogP contribution is 2.20. The molecule has 0 amide bonds. The summed E-state index contributed by atoms with van der Waals surface area (Å²) in [7, 11) is -3.64. The molecular formula is C15H19N5O3S. The van der Waals surface area contributed by atoms with E-state index in [-0.39, 0.29) is 10.8 Å². The highest BCUT2D eigenvalue weighted by atomic mass is 32.2. The second kappa shape index (κ2) is 6.70. The van der Waals surface area contributed by atoms with Gasteiger partial charge in [0.2, 0.25) is 10.0 Å². The van der Waals surface area contributed by atoms with Gasteiger partial charge in [-0.05, 0) is 24.5 Å². The molecule has 0 aliphatic rings. The molecule has 0 saturated carbocycles. The standard InChI is InChI=1S/C15H19N5O3S/c1-3-14-13-7-12(9-16-15(13)23-19-14)24(21,22)18-8-11(2)10-20-6-4-5-17-20/h4-7,9,11,18H,3,8,10H2,1-2H3. The molecule has 3 aromatic heterocycles. The van der Waals surface area contributed by atoms with Crippen molar-refractivity contribution in [1.82, 2.24) is 24.6 Å². The molecule has 8 nitrogen and oxygen atoms in total. The van der Waals surface area contributed by atoms with Crippen molar-refractivity contribution in [2.45, 2.75) is 31.7 Å². The third-order valence-corrected chi connectivity index (χ3v) is 5.09. The van der Waals surface area contributed by atoms with E-state index in [9.17, 15) is 8.42 Å². The van der Waals surface area contributed by atoms with Crippen molar-refractivity contribution in [2.75, 3.05) is 6.54 Å². The molecule has 3 rings (SSSR count). The van der Waals surface area contributed by atoms with E-state index in [2.05, 4.69) is 20.0 Å². The Morgan fingerprint density at radius 3 is 2.96 bits per heavy atom. The zero-order chi connectivity index (χ0) is 17.2. The van der Waals surface area contributed by atoms with Crippen molar-refractivity contribution in [3.63, 3.8) is 0 Å². The molecule has 0 aliphatic heterocycles. The van der Waals surface area contributed by atoms with Crippen molar-refractivity contribution in [3.05, 3.63) is 36.4 Å². The van der Waals surface area contributed by atoms with Crippen LogP contribution in [0.1, 0.15) is 19.5 Å². The van der Waals surface area contributed by atoms with E-state index in [1.165, 1.54) is 6.20 Å². The van der Waals surface area contributed by atoms with E-state index >= 15 is 0 Å². The molecule has 0 bridgehead atoms. The summed E-state index contributed by atoms with van der Waals surface area (Å²) in [6.07, 6.45) is 5.48. The fourth-order valence-corrected chi connectivity index (χ4v) is 3.52. The quantitative estimate of drug-likeness (QED) is 0.695. The molecule has 128 valence electrons. The first kappa shape index (κ1) is 16.6. The number of hydrogen-bond acceptors (Lipinski definition) is 6. The second-order valence-corrected chi connectivity index (χ2v) is 7.46. The molecule has 0 fully saturated rings. The Labute approximate surface area is 139 Å². The number of nitrogens with zero attached hydrogens (tertiary/aromatic N) is 4. The Kier molecular flexibility index (Phi) is 4.63. The van der Waals surface area contributed by atoms with Gasteiger partial charge in [-0.1, -0.05) is 19.0 Å². The molecule has 1 unspecified atom stereocenters. The summed E-state index contributed by atoms with van der Waals surface area (Å²) in [6, 6.07) is 3.39. The third kappa shape index (κ3) is 3.46.